The van der Waals surface area contributed by atoms with Gasteiger partial charge in [0.05, 0.1) is 11.7 Å². The molecule has 0 bridgehead atoms. The van der Waals surface area contributed by atoms with Crippen LogP contribution in [0.1, 0.15) is 25.1 Å². The molecule has 0 saturated heterocycles. The van der Waals surface area contributed by atoms with E-state index in [4.69, 9.17) is 5.73 Å². The molecule has 1 atom stereocenters. The van der Waals surface area contributed by atoms with Crippen LogP contribution in [0.25, 0.3) is 0 Å². The molecule has 3 N–H and O–H groups in total. The summed E-state index contributed by atoms with van der Waals surface area (Å²) in [4.78, 5) is 11.3. The maximum Gasteiger partial charge on any atom is 0.236 e. The maximum atomic E-state index is 11.3. The summed E-state index contributed by atoms with van der Waals surface area (Å²) in [7, 11) is 1.87. The lowest BCUT2D eigenvalue weighted by atomic mass is 10.2. The minimum Gasteiger partial charge on any atom is -0.351 e. The van der Waals surface area contributed by atoms with Crippen LogP contribution < -0.4 is 11.1 Å². The summed E-state index contributed by atoms with van der Waals surface area (Å²) in [5.41, 5.74) is 7.51. The second-order valence-electron chi connectivity index (χ2n) is 3.63. The van der Waals surface area contributed by atoms with Gasteiger partial charge in [-0.05, 0) is 13.3 Å². The Bertz CT molecular complexity index is 343. The minimum absolute atomic E-state index is 0.138. The zero-order valence-corrected chi connectivity index (χ0v) is 9.45. The fraction of sp³-hybridized carbons (Fsp3) is 0.600. The van der Waals surface area contributed by atoms with Crippen LogP contribution in [-0.4, -0.2) is 21.7 Å². The standard InChI is InChI=1S/C10H18N4O/c1-4-9-8(6-14(3)13-9)5-12-10(15)7(2)11/h6-7H,4-5,11H2,1-3H3,(H,12,15)/t7-/m0/s1. The van der Waals surface area contributed by atoms with Crippen LogP contribution in [0.2, 0.25) is 0 Å². The van der Waals surface area contributed by atoms with Crippen LogP contribution in [-0.2, 0) is 24.8 Å². The predicted octanol–water partition coefficient (Wildman–Crippen LogP) is -0.0541. The molecule has 0 saturated carbocycles. The van der Waals surface area contributed by atoms with E-state index >= 15 is 0 Å². The second-order valence-corrected chi connectivity index (χ2v) is 3.63. The molecule has 0 radical (unpaired) electrons. The molecule has 5 nitrogen and oxygen atoms in total. The molecule has 1 aromatic rings. The Hall–Kier alpha value is -1.36. The van der Waals surface area contributed by atoms with Gasteiger partial charge in [0, 0.05) is 25.4 Å². The van der Waals surface area contributed by atoms with Crippen molar-refractivity contribution < 1.29 is 4.79 Å². The first kappa shape index (κ1) is 11.7. The Morgan fingerprint density at radius 2 is 2.40 bits per heavy atom. The molecule has 1 rings (SSSR count). The summed E-state index contributed by atoms with van der Waals surface area (Å²) in [6.45, 7) is 4.20. The van der Waals surface area contributed by atoms with Gasteiger partial charge < -0.3 is 11.1 Å². The Kier molecular flexibility index (Phi) is 3.85. The molecule has 84 valence electrons. The fourth-order valence-electron chi connectivity index (χ4n) is 1.37. The molecule has 0 aliphatic carbocycles. The monoisotopic (exact) mass is 210 g/mol. The number of aryl methyl sites for hydroxylation is 2. The summed E-state index contributed by atoms with van der Waals surface area (Å²) >= 11 is 0. The quantitative estimate of drug-likeness (QED) is 0.731. The Labute approximate surface area is 89.6 Å². The number of carbonyl (C=O) groups is 1. The van der Waals surface area contributed by atoms with Crippen molar-refractivity contribution in [2.45, 2.75) is 32.9 Å². The van der Waals surface area contributed by atoms with Gasteiger partial charge in [0.15, 0.2) is 0 Å². The van der Waals surface area contributed by atoms with E-state index in [1.54, 1.807) is 11.6 Å². The molecule has 0 aliphatic heterocycles. The highest BCUT2D eigenvalue weighted by Crippen LogP contribution is 2.06. The van der Waals surface area contributed by atoms with Gasteiger partial charge in [0.2, 0.25) is 5.91 Å². The first-order valence-electron chi connectivity index (χ1n) is 5.09. The van der Waals surface area contributed by atoms with Crippen molar-refractivity contribution >= 4 is 5.91 Å². The van der Waals surface area contributed by atoms with E-state index < -0.39 is 6.04 Å². The molecule has 0 aliphatic rings. The number of hydrogen-bond donors (Lipinski definition) is 2. The van der Waals surface area contributed by atoms with Gasteiger partial charge in [0.25, 0.3) is 0 Å². The predicted molar refractivity (Wildman–Crippen MR) is 58.1 cm³/mol. The number of nitrogens with zero attached hydrogens (tertiary/aromatic N) is 2. The van der Waals surface area contributed by atoms with Crippen molar-refractivity contribution in [1.82, 2.24) is 15.1 Å². The Morgan fingerprint density at radius 1 is 1.73 bits per heavy atom. The number of rotatable bonds is 4. The van der Waals surface area contributed by atoms with Crippen molar-refractivity contribution in [3.8, 4) is 0 Å². The van der Waals surface area contributed by atoms with E-state index in [0.29, 0.717) is 6.54 Å². The fourth-order valence-corrected chi connectivity index (χ4v) is 1.37. The first-order valence-corrected chi connectivity index (χ1v) is 5.09. The van der Waals surface area contributed by atoms with Crippen molar-refractivity contribution in [2.75, 3.05) is 0 Å². The minimum atomic E-state index is -0.466. The van der Waals surface area contributed by atoms with Crippen LogP contribution >= 0.6 is 0 Å². The molecule has 1 amide bonds. The normalized spacial score (nSPS) is 12.5. The molecule has 15 heavy (non-hydrogen) atoms. The van der Waals surface area contributed by atoms with Gasteiger partial charge in [-0.3, -0.25) is 9.48 Å². The molecule has 0 aromatic carbocycles. The maximum absolute atomic E-state index is 11.3. The summed E-state index contributed by atoms with van der Waals surface area (Å²) in [5.74, 6) is -0.138. The van der Waals surface area contributed by atoms with Crippen LogP contribution in [0.15, 0.2) is 6.20 Å². The molecule has 0 unspecified atom stereocenters. The van der Waals surface area contributed by atoms with E-state index in [2.05, 4.69) is 10.4 Å². The molecular weight excluding hydrogens is 192 g/mol. The van der Waals surface area contributed by atoms with Gasteiger partial charge >= 0.3 is 0 Å². The lowest BCUT2D eigenvalue weighted by molar-refractivity contribution is -0.122. The van der Waals surface area contributed by atoms with Crippen LogP contribution in [0.4, 0.5) is 0 Å². The molecule has 5 heteroatoms. The van der Waals surface area contributed by atoms with Crippen LogP contribution in [0, 0.1) is 0 Å². The molecule has 1 heterocycles. The van der Waals surface area contributed by atoms with Crippen LogP contribution in [0.3, 0.4) is 0 Å². The van der Waals surface area contributed by atoms with E-state index in [1.807, 2.05) is 20.2 Å². The summed E-state index contributed by atoms with van der Waals surface area (Å²) in [5, 5.41) is 7.06. The average Bonchev–Trinajstić information content (AvgIpc) is 2.55. The lowest BCUT2D eigenvalue weighted by Crippen LogP contribution is -2.37. The highest BCUT2D eigenvalue weighted by Gasteiger charge is 2.09. The van der Waals surface area contributed by atoms with Crippen molar-refractivity contribution in [3.63, 3.8) is 0 Å². The Morgan fingerprint density at radius 3 is 2.93 bits per heavy atom. The average molecular weight is 210 g/mol. The zero-order valence-electron chi connectivity index (χ0n) is 9.45. The lowest BCUT2D eigenvalue weighted by Gasteiger charge is -2.06. The summed E-state index contributed by atoms with van der Waals surface area (Å²) in [6, 6.07) is -0.466. The van der Waals surface area contributed by atoms with Gasteiger partial charge in [-0.25, -0.2) is 0 Å². The Balaban J connectivity index is 2.60. The van der Waals surface area contributed by atoms with E-state index in [0.717, 1.165) is 17.7 Å². The SMILES string of the molecule is CCc1nn(C)cc1CNC(=O)[C@H](C)N. The third-order valence-corrected chi connectivity index (χ3v) is 2.19. The summed E-state index contributed by atoms with van der Waals surface area (Å²) < 4.78 is 1.76. The van der Waals surface area contributed by atoms with E-state index in [9.17, 15) is 4.79 Å². The van der Waals surface area contributed by atoms with Crippen LogP contribution in [0.5, 0.6) is 0 Å². The van der Waals surface area contributed by atoms with Gasteiger partial charge in [-0.2, -0.15) is 5.10 Å². The first-order chi connectivity index (χ1) is 7.04. The van der Waals surface area contributed by atoms with E-state index in [-0.39, 0.29) is 5.91 Å². The van der Waals surface area contributed by atoms with Gasteiger partial charge in [0.1, 0.15) is 0 Å². The van der Waals surface area contributed by atoms with Crippen molar-refractivity contribution in [1.29, 1.82) is 0 Å². The molecule has 0 fully saturated rings. The largest absolute Gasteiger partial charge is 0.351 e. The van der Waals surface area contributed by atoms with Gasteiger partial charge in [-0.1, -0.05) is 6.92 Å². The smallest absolute Gasteiger partial charge is 0.236 e. The number of nitrogens with one attached hydrogen (secondary N) is 1. The molecule has 0 spiro atoms. The second kappa shape index (κ2) is 4.93. The molecule has 1 aromatic heterocycles. The number of hydrogen-bond acceptors (Lipinski definition) is 3. The zero-order chi connectivity index (χ0) is 11.4. The topological polar surface area (TPSA) is 72.9 Å². The number of aromatic nitrogens is 2. The molecular formula is C10H18N4O. The third kappa shape index (κ3) is 3.06. The van der Waals surface area contributed by atoms with E-state index in [1.165, 1.54) is 0 Å². The van der Waals surface area contributed by atoms with Crippen molar-refractivity contribution in [3.05, 3.63) is 17.5 Å². The summed E-state index contributed by atoms with van der Waals surface area (Å²) in [6.07, 6.45) is 2.78. The van der Waals surface area contributed by atoms with Gasteiger partial charge in [-0.15, -0.1) is 0 Å². The highest BCUT2D eigenvalue weighted by atomic mass is 16.2. The number of carbonyl (C=O) groups excluding carboxylic acids is 1. The third-order valence-electron chi connectivity index (χ3n) is 2.19. The number of amides is 1. The highest BCUT2D eigenvalue weighted by molar-refractivity contribution is 5.80. The van der Waals surface area contributed by atoms with Crippen molar-refractivity contribution in [2.24, 2.45) is 12.8 Å². The number of nitrogens with two attached hydrogens (primary N) is 1.